The van der Waals surface area contributed by atoms with Gasteiger partial charge in [0.15, 0.2) is 0 Å². The molecule has 156 valence electrons. The average Bonchev–Trinajstić information content (AvgIpc) is 3.05. The lowest BCUT2D eigenvalue weighted by Gasteiger charge is -2.25. The zero-order valence-corrected chi connectivity index (χ0v) is 17.2. The molecule has 1 N–H and O–H groups in total. The number of aliphatic hydroxyl groups is 1. The molecule has 1 aliphatic heterocycles. The summed E-state index contributed by atoms with van der Waals surface area (Å²) in [6.45, 7) is 2.64. The highest BCUT2D eigenvalue weighted by Crippen LogP contribution is 2.41. The maximum Gasteiger partial charge on any atom is 0.295 e. The Morgan fingerprint density at radius 3 is 2.29 bits per heavy atom. The van der Waals surface area contributed by atoms with Gasteiger partial charge in [-0.15, -0.1) is 0 Å². The van der Waals surface area contributed by atoms with Crippen LogP contribution >= 0.6 is 0 Å². The Labute approximate surface area is 181 Å². The average molecular weight is 413 g/mol. The highest BCUT2D eigenvalue weighted by Gasteiger charge is 2.46. The molecule has 0 aliphatic carbocycles. The van der Waals surface area contributed by atoms with Crippen molar-refractivity contribution in [3.05, 3.63) is 107 Å². The Bertz CT molecular complexity index is 1120. The second kappa shape index (κ2) is 8.88. The van der Waals surface area contributed by atoms with Gasteiger partial charge in [0, 0.05) is 12.1 Å². The van der Waals surface area contributed by atoms with Gasteiger partial charge in [0.05, 0.1) is 18.2 Å². The van der Waals surface area contributed by atoms with Crippen molar-refractivity contribution in [2.75, 3.05) is 6.61 Å². The zero-order valence-electron chi connectivity index (χ0n) is 17.2. The van der Waals surface area contributed by atoms with Crippen LogP contribution in [0.25, 0.3) is 5.76 Å². The summed E-state index contributed by atoms with van der Waals surface area (Å²) < 4.78 is 5.63. The van der Waals surface area contributed by atoms with Gasteiger partial charge in [-0.1, -0.05) is 72.8 Å². The Kier molecular flexibility index (Phi) is 5.85. The molecule has 1 unspecified atom stereocenters. The first kappa shape index (κ1) is 20.4. The molecule has 3 aromatic rings. The number of hydrogen-bond acceptors (Lipinski definition) is 4. The molecule has 1 fully saturated rings. The van der Waals surface area contributed by atoms with Crippen molar-refractivity contribution < 1.29 is 19.4 Å². The number of amides is 1. The summed E-state index contributed by atoms with van der Waals surface area (Å²) in [6, 6.07) is 24.9. The fourth-order valence-corrected chi connectivity index (χ4v) is 3.86. The van der Waals surface area contributed by atoms with E-state index in [-0.39, 0.29) is 17.9 Å². The molecule has 5 nitrogen and oxygen atoms in total. The number of nitrogens with zero attached hydrogens (tertiary/aromatic N) is 1. The van der Waals surface area contributed by atoms with Crippen LogP contribution in [0.4, 0.5) is 0 Å². The molecule has 3 aromatic carbocycles. The van der Waals surface area contributed by atoms with Crippen LogP contribution in [0, 0.1) is 0 Å². The third-order valence-corrected chi connectivity index (χ3v) is 5.27. The lowest BCUT2D eigenvalue weighted by atomic mass is 9.95. The van der Waals surface area contributed by atoms with Gasteiger partial charge in [-0.25, -0.2) is 0 Å². The van der Waals surface area contributed by atoms with Crippen molar-refractivity contribution in [1.82, 2.24) is 4.90 Å². The van der Waals surface area contributed by atoms with E-state index in [1.807, 2.05) is 67.6 Å². The summed E-state index contributed by atoms with van der Waals surface area (Å²) in [5.41, 5.74) is 2.18. The smallest absolute Gasteiger partial charge is 0.295 e. The zero-order chi connectivity index (χ0) is 21.8. The summed E-state index contributed by atoms with van der Waals surface area (Å²) in [6.07, 6.45) is 0. The van der Waals surface area contributed by atoms with Gasteiger partial charge in [0.1, 0.15) is 11.5 Å². The van der Waals surface area contributed by atoms with Gasteiger partial charge in [0.2, 0.25) is 0 Å². The van der Waals surface area contributed by atoms with E-state index in [9.17, 15) is 14.7 Å². The summed E-state index contributed by atoms with van der Waals surface area (Å²) in [7, 11) is 0. The maximum absolute atomic E-state index is 13.1. The van der Waals surface area contributed by atoms with Crippen molar-refractivity contribution in [1.29, 1.82) is 0 Å². The topological polar surface area (TPSA) is 66.8 Å². The first-order valence-corrected chi connectivity index (χ1v) is 10.2. The lowest BCUT2D eigenvalue weighted by molar-refractivity contribution is -0.140. The molecule has 1 aliphatic rings. The second-order valence-electron chi connectivity index (χ2n) is 7.28. The number of likely N-dealkylation sites (tertiary alicyclic amines) is 1. The number of Topliss-reactive ketones (excluding diaryl/α,β-unsaturated/α-hetero) is 1. The minimum absolute atomic E-state index is 0.0841. The van der Waals surface area contributed by atoms with Gasteiger partial charge < -0.3 is 14.7 Å². The van der Waals surface area contributed by atoms with Crippen LogP contribution in [0.15, 0.2) is 90.5 Å². The first-order valence-electron chi connectivity index (χ1n) is 10.2. The van der Waals surface area contributed by atoms with E-state index in [0.717, 1.165) is 5.56 Å². The maximum atomic E-state index is 13.1. The number of rotatable bonds is 6. The van der Waals surface area contributed by atoms with E-state index in [1.165, 1.54) is 4.90 Å². The van der Waals surface area contributed by atoms with Gasteiger partial charge in [-0.3, -0.25) is 9.59 Å². The Morgan fingerprint density at radius 1 is 0.935 bits per heavy atom. The molecule has 1 amide bonds. The van der Waals surface area contributed by atoms with E-state index < -0.39 is 17.7 Å². The van der Waals surface area contributed by atoms with Crippen molar-refractivity contribution in [2.24, 2.45) is 0 Å². The highest BCUT2D eigenvalue weighted by molar-refractivity contribution is 6.46. The summed E-state index contributed by atoms with van der Waals surface area (Å²) in [4.78, 5) is 27.6. The van der Waals surface area contributed by atoms with Crippen molar-refractivity contribution >= 4 is 17.4 Å². The van der Waals surface area contributed by atoms with Gasteiger partial charge in [-0.05, 0) is 30.2 Å². The SMILES string of the molecule is CCOc1cccc(C2/C(=C(\O)c3ccccc3)C(=O)C(=O)N2Cc2ccccc2)c1. The number of ether oxygens (including phenoxy) is 1. The second-order valence-corrected chi connectivity index (χ2v) is 7.28. The molecular weight excluding hydrogens is 390 g/mol. The molecule has 0 spiro atoms. The fraction of sp³-hybridized carbons (Fsp3) is 0.154. The van der Waals surface area contributed by atoms with Crippen LogP contribution in [-0.4, -0.2) is 28.3 Å². The molecule has 1 saturated heterocycles. The predicted molar refractivity (Wildman–Crippen MR) is 118 cm³/mol. The number of carbonyl (C=O) groups is 2. The Hall–Kier alpha value is -3.86. The molecule has 0 saturated carbocycles. The molecular formula is C26H23NO4. The molecule has 0 bridgehead atoms. The van der Waals surface area contributed by atoms with Crippen molar-refractivity contribution in [3.63, 3.8) is 0 Å². The predicted octanol–water partition coefficient (Wildman–Crippen LogP) is 4.71. The quantitative estimate of drug-likeness (QED) is 0.361. The minimum atomic E-state index is -0.721. The molecule has 1 heterocycles. The molecule has 5 heteroatoms. The molecule has 1 atom stereocenters. The molecule has 0 radical (unpaired) electrons. The highest BCUT2D eigenvalue weighted by atomic mass is 16.5. The van der Waals surface area contributed by atoms with Crippen LogP contribution in [0.5, 0.6) is 5.75 Å². The number of benzene rings is 3. The number of aliphatic hydroxyl groups excluding tert-OH is 1. The first-order chi connectivity index (χ1) is 15.1. The van der Waals surface area contributed by atoms with E-state index in [0.29, 0.717) is 23.5 Å². The van der Waals surface area contributed by atoms with Gasteiger partial charge in [0.25, 0.3) is 11.7 Å². The van der Waals surface area contributed by atoms with E-state index in [1.54, 1.807) is 24.3 Å². The lowest BCUT2D eigenvalue weighted by Crippen LogP contribution is -2.29. The van der Waals surface area contributed by atoms with Crippen LogP contribution < -0.4 is 4.74 Å². The van der Waals surface area contributed by atoms with E-state index in [2.05, 4.69) is 0 Å². The summed E-state index contributed by atoms with van der Waals surface area (Å²) in [5, 5.41) is 11.0. The minimum Gasteiger partial charge on any atom is -0.507 e. The molecule has 31 heavy (non-hydrogen) atoms. The van der Waals surface area contributed by atoms with Gasteiger partial charge >= 0.3 is 0 Å². The van der Waals surface area contributed by atoms with Gasteiger partial charge in [-0.2, -0.15) is 0 Å². The van der Waals surface area contributed by atoms with E-state index in [4.69, 9.17) is 4.74 Å². The molecule has 0 aromatic heterocycles. The number of hydrogen-bond donors (Lipinski definition) is 1. The number of ketones is 1. The fourth-order valence-electron chi connectivity index (χ4n) is 3.86. The van der Waals surface area contributed by atoms with Crippen LogP contribution in [-0.2, 0) is 16.1 Å². The standard InChI is InChI=1S/C26H23NO4/c1-2-31-21-15-9-14-20(16-21)23-22(24(28)19-12-7-4-8-13-19)25(29)26(30)27(23)17-18-10-5-3-6-11-18/h3-16,23,28H,2,17H2,1H3/b24-22+. The monoisotopic (exact) mass is 413 g/mol. The van der Waals surface area contributed by atoms with Crippen LogP contribution in [0.3, 0.4) is 0 Å². The summed E-state index contributed by atoms with van der Waals surface area (Å²) in [5.74, 6) is -0.858. The normalized spacial score (nSPS) is 17.7. The third-order valence-electron chi connectivity index (χ3n) is 5.27. The number of carbonyl (C=O) groups excluding carboxylic acids is 2. The Morgan fingerprint density at radius 2 is 1.61 bits per heavy atom. The van der Waals surface area contributed by atoms with E-state index >= 15 is 0 Å². The third kappa shape index (κ3) is 4.08. The Balaban J connectivity index is 1.86. The van der Waals surface area contributed by atoms with Crippen LogP contribution in [0.2, 0.25) is 0 Å². The largest absolute Gasteiger partial charge is 0.507 e. The van der Waals surface area contributed by atoms with Crippen LogP contribution in [0.1, 0.15) is 29.7 Å². The molecule has 4 rings (SSSR count). The summed E-state index contributed by atoms with van der Waals surface area (Å²) >= 11 is 0. The van der Waals surface area contributed by atoms with Crippen molar-refractivity contribution in [2.45, 2.75) is 19.5 Å². The van der Waals surface area contributed by atoms with Crippen molar-refractivity contribution in [3.8, 4) is 5.75 Å².